The van der Waals surface area contributed by atoms with Crippen LogP contribution in [0.3, 0.4) is 0 Å². The molecule has 0 aromatic heterocycles. The van der Waals surface area contributed by atoms with Crippen molar-refractivity contribution in [1.82, 2.24) is 4.49 Å². The van der Waals surface area contributed by atoms with Crippen molar-refractivity contribution in [3.63, 3.8) is 0 Å². The molecule has 0 saturated carbocycles. The molecule has 5 nitrogen and oxygen atoms in total. The largest absolute Gasteiger partial charge is 0.333 e. The monoisotopic (exact) mass is 217 g/mol. The van der Waals surface area contributed by atoms with Gasteiger partial charge in [0.15, 0.2) is 0 Å². The Morgan fingerprint density at radius 2 is 2.09 bits per heavy atom. The van der Waals surface area contributed by atoms with E-state index < -0.39 is 16.7 Å². The van der Waals surface area contributed by atoms with Crippen LogP contribution in [-0.2, 0) is 21.8 Å². The second-order valence-corrected chi connectivity index (χ2v) is 6.61. The van der Waals surface area contributed by atoms with Gasteiger partial charge in [-0.25, -0.2) is 8.42 Å². The molecule has 0 spiro atoms. The van der Waals surface area contributed by atoms with Gasteiger partial charge in [0.05, 0.1) is 5.75 Å². The van der Waals surface area contributed by atoms with Gasteiger partial charge in [-0.15, -0.1) is 11.1 Å². The van der Waals surface area contributed by atoms with Gasteiger partial charge in [0, 0.05) is 0 Å². The summed E-state index contributed by atoms with van der Waals surface area (Å²) in [6.07, 6.45) is 1.12. The summed E-state index contributed by atoms with van der Waals surface area (Å²) in [7, 11) is -3.71. The van der Waals surface area contributed by atoms with Crippen LogP contribution in [0, 0.1) is 0 Å². The predicted octanol–water partition coefficient (Wildman–Crippen LogP) is -0.699. The van der Waals surface area contributed by atoms with E-state index in [-0.39, 0.29) is 5.75 Å². The normalized spacial score (nSPS) is 12.9. The predicted molar refractivity (Wildman–Crippen MR) is 45.8 cm³/mol. The molecular weight excluding hydrogens is 209 g/mol. The van der Waals surface area contributed by atoms with Crippen molar-refractivity contribution >= 4 is 28.5 Å². The smallest absolute Gasteiger partial charge is 0.269 e. The molecule has 8 heteroatoms. The van der Waals surface area contributed by atoms with Crippen LogP contribution in [0.5, 0.6) is 0 Å². The van der Waals surface area contributed by atoms with Gasteiger partial charge in [0.25, 0.3) is 6.64 Å². The van der Waals surface area contributed by atoms with E-state index in [4.69, 9.17) is 9.79 Å². The Bertz CT molecular complexity index is 278. The third-order valence-electron chi connectivity index (χ3n) is 0.595. The van der Waals surface area contributed by atoms with Crippen LogP contribution >= 0.6 is 6.64 Å². The highest BCUT2D eigenvalue weighted by atomic mass is 32.5. The van der Waals surface area contributed by atoms with Crippen LogP contribution in [-0.4, -0.2) is 24.0 Å². The average Bonchev–Trinajstić information content (AvgIpc) is 1.55. The molecule has 66 valence electrons. The zero-order valence-corrected chi connectivity index (χ0v) is 7.99. The second kappa shape index (κ2) is 3.75. The molecule has 0 radical (unpaired) electrons. The highest BCUT2D eigenvalue weighted by Crippen LogP contribution is 2.29. The first kappa shape index (κ1) is 11.2. The molecule has 0 aromatic carbocycles. The zero-order valence-electron chi connectivity index (χ0n) is 5.47. The van der Waals surface area contributed by atoms with Crippen molar-refractivity contribution in [3.8, 4) is 0 Å². The van der Waals surface area contributed by atoms with E-state index in [1.165, 1.54) is 4.49 Å². The quantitative estimate of drug-likeness (QED) is 0.428. The summed E-state index contributed by atoms with van der Waals surface area (Å²) < 4.78 is 22.9. The molecule has 3 N–H and O–H groups in total. The summed E-state index contributed by atoms with van der Waals surface area (Å²) in [4.78, 5) is 17.1. The SMILES string of the molecule is C=CCS(=O)(=O)NP(O)(O)=S. The lowest BCUT2D eigenvalue weighted by Crippen LogP contribution is -2.22. The first-order valence-electron chi connectivity index (χ1n) is 2.45. The molecule has 0 aromatic rings. The van der Waals surface area contributed by atoms with E-state index >= 15 is 0 Å². The number of rotatable bonds is 4. The molecule has 0 heterocycles. The molecule has 0 bridgehead atoms. The van der Waals surface area contributed by atoms with E-state index in [0.29, 0.717) is 0 Å². The number of hydrogen-bond acceptors (Lipinski definition) is 3. The number of sulfonamides is 1. The summed E-state index contributed by atoms with van der Waals surface area (Å²) in [6, 6.07) is 0. The molecule has 0 saturated heterocycles. The Morgan fingerprint density at radius 3 is 2.36 bits per heavy atom. The molecule has 11 heavy (non-hydrogen) atoms. The third-order valence-corrected chi connectivity index (χ3v) is 4.00. The van der Waals surface area contributed by atoms with Gasteiger partial charge in [-0.2, -0.15) is 0 Å². The molecule has 0 aliphatic rings. The third kappa shape index (κ3) is 6.61. The van der Waals surface area contributed by atoms with E-state index in [2.05, 4.69) is 18.4 Å². The van der Waals surface area contributed by atoms with Gasteiger partial charge in [0.1, 0.15) is 0 Å². The van der Waals surface area contributed by atoms with Crippen LogP contribution in [0.2, 0.25) is 0 Å². The highest BCUT2D eigenvalue weighted by molar-refractivity contribution is 8.13. The van der Waals surface area contributed by atoms with Gasteiger partial charge in [-0.1, -0.05) is 6.08 Å². The van der Waals surface area contributed by atoms with E-state index in [1.807, 2.05) is 0 Å². The standard InChI is InChI=1S/C3H8NO4PS2/c1-2-3-11(7,8)4-9(5,6)10/h2H,1,3H2,(H3,4,5,6,10). The summed E-state index contributed by atoms with van der Waals surface area (Å²) in [5.74, 6) is -0.382. The molecule has 0 fully saturated rings. The lowest BCUT2D eigenvalue weighted by Gasteiger charge is -2.07. The summed E-state index contributed by atoms with van der Waals surface area (Å²) in [6.45, 7) is -0.698. The lowest BCUT2D eigenvalue weighted by atomic mass is 10.8. The lowest BCUT2D eigenvalue weighted by molar-refractivity contribution is 0.472. The highest BCUT2D eigenvalue weighted by Gasteiger charge is 2.16. The van der Waals surface area contributed by atoms with Crippen LogP contribution in [0.4, 0.5) is 0 Å². The maximum atomic E-state index is 10.7. The maximum Gasteiger partial charge on any atom is 0.269 e. The molecule has 0 aliphatic heterocycles. The Morgan fingerprint density at radius 1 is 1.64 bits per heavy atom. The zero-order chi connectivity index (χ0) is 9.12. The van der Waals surface area contributed by atoms with Crippen LogP contribution < -0.4 is 4.49 Å². The van der Waals surface area contributed by atoms with Crippen molar-refractivity contribution in [2.75, 3.05) is 5.75 Å². The molecule has 0 unspecified atom stereocenters. The van der Waals surface area contributed by atoms with Gasteiger partial charge in [0.2, 0.25) is 10.0 Å². The summed E-state index contributed by atoms with van der Waals surface area (Å²) in [5.41, 5.74) is 0. The second-order valence-electron chi connectivity index (χ2n) is 1.71. The fourth-order valence-electron chi connectivity index (χ4n) is 0.374. The topological polar surface area (TPSA) is 86.6 Å². The van der Waals surface area contributed by atoms with Crippen LogP contribution in [0.1, 0.15) is 0 Å². The summed E-state index contributed by atoms with van der Waals surface area (Å²) in [5, 5.41) is 0. The molecular formula is C3H8NO4PS2. The fraction of sp³-hybridized carbons (Fsp3) is 0.333. The first-order valence-corrected chi connectivity index (χ1v) is 6.81. The Hall–Kier alpha value is 0.220. The van der Waals surface area contributed by atoms with Crippen molar-refractivity contribution in [2.45, 2.75) is 0 Å². The van der Waals surface area contributed by atoms with Gasteiger partial charge in [-0.05, 0) is 11.8 Å². The van der Waals surface area contributed by atoms with Crippen molar-refractivity contribution in [3.05, 3.63) is 12.7 Å². The van der Waals surface area contributed by atoms with Gasteiger partial charge >= 0.3 is 0 Å². The number of hydrogen-bond donors (Lipinski definition) is 3. The van der Waals surface area contributed by atoms with E-state index in [1.54, 1.807) is 0 Å². The maximum absolute atomic E-state index is 10.7. The van der Waals surface area contributed by atoms with Crippen molar-refractivity contribution in [2.24, 2.45) is 0 Å². The van der Waals surface area contributed by atoms with Crippen molar-refractivity contribution < 1.29 is 18.2 Å². The summed E-state index contributed by atoms with van der Waals surface area (Å²) >= 11 is 4.04. The van der Waals surface area contributed by atoms with Gasteiger partial charge in [-0.3, -0.25) is 0 Å². The minimum absolute atomic E-state index is 0.382. The van der Waals surface area contributed by atoms with Crippen LogP contribution in [0.25, 0.3) is 0 Å². The molecule has 0 amide bonds. The number of nitrogens with one attached hydrogen (secondary N) is 1. The Balaban J connectivity index is 4.39. The van der Waals surface area contributed by atoms with E-state index in [9.17, 15) is 8.42 Å². The minimum Gasteiger partial charge on any atom is -0.333 e. The minimum atomic E-state index is -3.87. The Kier molecular flexibility index (Phi) is 3.83. The molecule has 0 aliphatic carbocycles. The first-order chi connectivity index (χ1) is 4.77. The van der Waals surface area contributed by atoms with Crippen LogP contribution in [0.15, 0.2) is 12.7 Å². The molecule has 0 rings (SSSR count). The Labute approximate surface area is 70.0 Å². The molecule has 0 atom stereocenters. The fourth-order valence-corrected chi connectivity index (χ4v) is 3.45. The average molecular weight is 217 g/mol. The van der Waals surface area contributed by atoms with E-state index in [0.717, 1.165) is 6.08 Å². The van der Waals surface area contributed by atoms with Crippen molar-refractivity contribution in [1.29, 1.82) is 0 Å². The van der Waals surface area contributed by atoms with Gasteiger partial charge < -0.3 is 9.79 Å².